The lowest BCUT2D eigenvalue weighted by Crippen LogP contribution is -2.25. The Morgan fingerprint density at radius 2 is 1.66 bits per heavy atom. The topological polar surface area (TPSA) is 96.4 Å². The Morgan fingerprint density at radius 3 is 2.25 bits per heavy atom. The lowest BCUT2D eigenvalue weighted by molar-refractivity contribution is -0.192. The highest BCUT2D eigenvalue weighted by atomic mass is 32.1. The number of fused-ring (bicyclic) bond motifs is 1. The van der Waals surface area contributed by atoms with E-state index >= 15 is 0 Å². The Hall–Kier alpha value is -3.22. The van der Waals surface area contributed by atoms with Gasteiger partial charge in [-0.05, 0) is 36.6 Å². The molecule has 0 atom stereocenters. The summed E-state index contributed by atoms with van der Waals surface area (Å²) in [5.41, 5.74) is 2.85. The van der Waals surface area contributed by atoms with Crippen LogP contribution in [0.15, 0.2) is 36.5 Å². The molecule has 2 heterocycles. The van der Waals surface area contributed by atoms with Crippen LogP contribution in [0.5, 0.6) is 0 Å². The minimum atomic E-state index is -5.08. The van der Waals surface area contributed by atoms with Crippen LogP contribution >= 0.6 is 11.3 Å². The molecule has 0 saturated heterocycles. The molecule has 1 amide bonds. The summed E-state index contributed by atoms with van der Waals surface area (Å²) in [7, 11) is 0. The van der Waals surface area contributed by atoms with E-state index < -0.39 is 34.9 Å². The second-order valence-electron chi connectivity index (χ2n) is 6.24. The number of aliphatic carboxylic acids is 1. The van der Waals surface area contributed by atoms with Crippen LogP contribution in [0, 0.1) is 0 Å². The quantitative estimate of drug-likeness (QED) is 0.503. The average Bonchev–Trinajstić information content (AvgIpc) is 3.20. The van der Waals surface area contributed by atoms with Crippen LogP contribution in [0.25, 0.3) is 5.57 Å². The second-order valence-corrected chi connectivity index (χ2v) is 7.33. The number of carboxylic acid groups (broad SMARTS) is 1. The molecule has 32 heavy (non-hydrogen) atoms. The van der Waals surface area contributed by atoms with Crippen LogP contribution < -0.4 is 5.32 Å². The number of rotatable bonds is 4. The lowest BCUT2D eigenvalue weighted by atomic mass is 9.95. The third-order valence-corrected chi connectivity index (χ3v) is 5.08. The maximum atomic E-state index is 12.4. The van der Waals surface area contributed by atoms with E-state index in [2.05, 4.69) is 10.3 Å². The van der Waals surface area contributed by atoms with Crippen LogP contribution in [0.4, 0.5) is 26.3 Å². The van der Waals surface area contributed by atoms with Crippen LogP contribution in [0.1, 0.15) is 37.0 Å². The number of allylic oxidation sites excluding steroid dienone is 1. The molecule has 2 N–H and O–H groups in total. The molecule has 1 aliphatic carbocycles. The first-order chi connectivity index (χ1) is 14.8. The molecule has 3 rings (SSSR count). The number of thiophene rings is 1. The normalized spacial score (nSPS) is 13.2. The fraction of sp³-hybridized carbons (Fsp3) is 0.263. The predicted molar refractivity (Wildman–Crippen MR) is 101 cm³/mol. The van der Waals surface area contributed by atoms with Gasteiger partial charge in [-0.25, -0.2) is 4.79 Å². The van der Waals surface area contributed by atoms with Crippen molar-refractivity contribution in [3.63, 3.8) is 0 Å². The summed E-state index contributed by atoms with van der Waals surface area (Å²) in [5, 5.41) is 9.81. The third-order valence-electron chi connectivity index (χ3n) is 4.00. The van der Waals surface area contributed by atoms with Crippen molar-refractivity contribution in [1.82, 2.24) is 10.3 Å². The highest BCUT2D eigenvalue weighted by Crippen LogP contribution is 2.27. The van der Waals surface area contributed by atoms with Crippen molar-refractivity contribution >= 4 is 34.6 Å². The number of Topliss-reactive ketones (excluding diaryl/α,β-unsaturated/α-hetero) is 1. The summed E-state index contributed by atoms with van der Waals surface area (Å²) in [5.74, 6) is -5.21. The van der Waals surface area contributed by atoms with Crippen molar-refractivity contribution in [1.29, 1.82) is 0 Å². The van der Waals surface area contributed by atoms with Crippen LogP contribution in [-0.4, -0.2) is 46.6 Å². The number of hydrogen-bond donors (Lipinski definition) is 2. The Balaban J connectivity index is 0.000000451. The van der Waals surface area contributed by atoms with E-state index in [1.165, 1.54) is 6.07 Å². The van der Waals surface area contributed by atoms with Gasteiger partial charge >= 0.3 is 18.3 Å². The van der Waals surface area contributed by atoms with Crippen LogP contribution in [0.3, 0.4) is 0 Å². The summed E-state index contributed by atoms with van der Waals surface area (Å²) < 4.78 is 69.0. The van der Waals surface area contributed by atoms with Crippen LogP contribution in [-0.2, 0) is 11.2 Å². The molecule has 0 radical (unpaired) electrons. The van der Waals surface area contributed by atoms with Gasteiger partial charge in [-0.1, -0.05) is 12.1 Å². The van der Waals surface area contributed by atoms with Gasteiger partial charge in [0.1, 0.15) is 0 Å². The Morgan fingerprint density at radius 1 is 1.03 bits per heavy atom. The molecule has 13 heteroatoms. The molecule has 0 bridgehead atoms. The van der Waals surface area contributed by atoms with E-state index in [1.54, 1.807) is 6.20 Å². The highest BCUT2D eigenvalue weighted by molar-refractivity contribution is 7.16. The van der Waals surface area contributed by atoms with Gasteiger partial charge in [0.2, 0.25) is 0 Å². The van der Waals surface area contributed by atoms with Gasteiger partial charge in [0.15, 0.2) is 0 Å². The molecule has 0 aromatic carbocycles. The zero-order valence-corrected chi connectivity index (χ0v) is 16.7. The zero-order chi connectivity index (χ0) is 24.1. The number of nitrogens with one attached hydrogen (secondary N) is 1. The average molecular weight is 480 g/mol. The number of carboxylic acids is 1. The summed E-state index contributed by atoms with van der Waals surface area (Å²) in [6.45, 7) is 0.248. The van der Waals surface area contributed by atoms with Crippen molar-refractivity contribution in [3.8, 4) is 0 Å². The highest BCUT2D eigenvalue weighted by Gasteiger charge is 2.40. The Bertz CT molecular complexity index is 1040. The van der Waals surface area contributed by atoms with Gasteiger partial charge in [-0.2, -0.15) is 26.3 Å². The van der Waals surface area contributed by atoms with E-state index in [9.17, 15) is 35.9 Å². The van der Waals surface area contributed by atoms with Crippen molar-refractivity contribution in [2.75, 3.05) is 6.54 Å². The van der Waals surface area contributed by atoms with Crippen molar-refractivity contribution in [3.05, 3.63) is 57.6 Å². The molecule has 172 valence electrons. The number of aromatic nitrogens is 1. The molecular formula is C19H14F6N2O4S. The monoisotopic (exact) mass is 480 g/mol. The number of hydrogen-bond acceptors (Lipinski definition) is 5. The van der Waals surface area contributed by atoms with E-state index in [0.29, 0.717) is 11.3 Å². The predicted octanol–water partition coefficient (Wildman–Crippen LogP) is 4.28. The van der Waals surface area contributed by atoms with Gasteiger partial charge < -0.3 is 10.4 Å². The van der Waals surface area contributed by atoms with Gasteiger partial charge in [0.25, 0.3) is 11.7 Å². The van der Waals surface area contributed by atoms with Crippen molar-refractivity contribution < 1.29 is 45.8 Å². The number of pyridine rings is 1. The van der Waals surface area contributed by atoms with E-state index in [4.69, 9.17) is 9.90 Å². The Kier molecular flexibility index (Phi) is 7.78. The van der Waals surface area contributed by atoms with Crippen molar-refractivity contribution in [2.45, 2.75) is 25.2 Å². The number of alkyl halides is 6. The minimum absolute atomic E-state index is 0.0652. The standard InChI is InChI=1S/C17H13F3N2O2S.C2HF3O2/c18-17(19,20)15(23)13-6-7-14(25-13)16(24)22-9-10-3-1-5-12-11(10)4-2-8-21-12;3-2(4,5)1(6)7/h2-4,6-8H,1,5,9H2,(H,22,24);(H,6,7). The minimum Gasteiger partial charge on any atom is -0.475 e. The number of nitrogens with zero attached hydrogens (tertiary/aromatic N) is 1. The maximum absolute atomic E-state index is 12.4. The van der Waals surface area contributed by atoms with Gasteiger partial charge in [0.05, 0.1) is 9.75 Å². The summed E-state index contributed by atoms with van der Waals surface area (Å²) in [4.78, 5) is 36.1. The first-order valence-corrected chi connectivity index (χ1v) is 9.55. The Labute approximate surface area is 180 Å². The number of carbonyl (C=O) groups is 3. The van der Waals surface area contributed by atoms with Crippen molar-refractivity contribution in [2.24, 2.45) is 0 Å². The molecule has 6 nitrogen and oxygen atoms in total. The maximum Gasteiger partial charge on any atom is 0.490 e. The summed E-state index contributed by atoms with van der Waals surface area (Å²) >= 11 is 0.535. The van der Waals surface area contributed by atoms with Gasteiger partial charge in [-0.15, -0.1) is 11.3 Å². The fourth-order valence-corrected chi connectivity index (χ4v) is 3.46. The number of ketones is 1. The number of aryl methyl sites for hydroxylation is 1. The molecule has 0 spiro atoms. The second kappa shape index (κ2) is 9.94. The number of carbonyl (C=O) groups excluding carboxylic acids is 2. The largest absolute Gasteiger partial charge is 0.490 e. The summed E-state index contributed by atoms with van der Waals surface area (Å²) in [6, 6.07) is 5.98. The molecule has 1 aliphatic rings. The third kappa shape index (κ3) is 6.64. The lowest BCUT2D eigenvalue weighted by Gasteiger charge is -2.17. The molecule has 2 aromatic heterocycles. The smallest absolute Gasteiger partial charge is 0.475 e. The van der Waals surface area contributed by atoms with E-state index in [0.717, 1.165) is 35.7 Å². The first-order valence-electron chi connectivity index (χ1n) is 8.73. The number of amides is 1. The SMILES string of the molecule is O=C(NCC1=CCCc2ncccc21)c1ccc(C(=O)C(F)(F)F)s1.O=C(O)C(F)(F)F. The zero-order valence-electron chi connectivity index (χ0n) is 15.9. The van der Waals surface area contributed by atoms with Gasteiger partial charge in [0, 0.05) is 24.0 Å². The number of halogens is 6. The molecule has 0 aliphatic heterocycles. The molecule has 0 fully saturated rings. The van der Waals surface area contributed by atoms with Crippen LogP contribution in [0.2, 0.25) is 0 Å². The molecular weight excluding hydrogens is 466 g/mol. The fourth-order valence-electron chi connectivity index (χ4n) is 2.57. The van der Waals surface area contributed by atoms with Gasteiger partial charge in [-0.3, -0.25) is 14.6 Å². The molecule has 2 aromatic rings. The summed E-state index contributed by atoms with van der Waals surface area (Å²) in [6.07, 6.45) is -4.65. The first kappa shape index (κ1) is 25.0. The molecule has 0 unspecified atom stereocenters. The van der Waals surface area contributed by atoms with E-state index in [1.807, 2.05) is 18.2 Å². The molecule has 0 saturated carbocycles. The van der Waals surface area contributed by atoms with E-state index in [-0.39, 0.29) is 11.4 Å².